The summed E-state index contributed by atoms with van der Waals surface area (Å²) < 4.78 is 6.78. The molecular formula is C18H31N4O3S+. The monoisotopic (exact) mass is 383 g/mol. The Morgan fingerprint density at radius 2 is 2.00 bits per heavy atom. The molecule has 2 rings (SSSR count). The van der Waals surface area contributed by atoms with E-state index in [-0.39, 0.29) is 29.7 Å². The van der Waals surface area contributed by atoms with E-state index in [0.717, 1.165) is 42.7 Å². The van der Waals surface area contributed by atoms with Crippen molar-refractivity contribution in [1.82, 2.24) is 15.3 Å². The Morgan fingerprint density at radius 1 is 1.31 bits per heavy atom. The van der Waals surface area contributed by atoms with Crippen molar-refractivity contribution in [2.75, 3.05) is 26.4 Å². The molecule has 1 aliphatic rings. The summed E-state index contributed by atoms with van der Waals surface area (Å²) in [4.78, 5) is 27.3. The van der Waals surface area contributed by atoms with Gasteiger partial charge in [-0.1, -0.05) is 32.0 Å². The van der Waals surface area contributed by atoms with Crippen molar-refractivity contribution in [3.8, 4) is 0 Å². The SMILES string of the molecule is CC(C)CC(=O)c1oc(SCCN(C)C)n[n+]1C(=O)NC1CCCCC1. The van der Waals surface area contributed by atoms with Gasteiger partial charge in [-0.15, -0.1) is 0 Å². The van der Waals surface area contributed by atoms with Crippen molar-refractivity contribution in [2.24, 2.45) is 5.92 Å². The molecule has 1 amide bonds. The lowest BCUT2D eigenvalue weighted by Gasteiger charge is -2.17. The average Bonchev–Trinajstić information content (AvgIpc) is 2.99. The van der Waals surface area contributed by atoms with Gasteiger partial charge < -0.3 is 9.32 Å². The Balaban J connectivity index is 2.12. The number of hydrogen-bond donors (Lipinski definition) is 1. The fourth-order valence-corrected chi connectivity index (χ4v) is 3.81. The number of amides is 1. The number of ketones is 1. The Kier molecular flexibility index (Phi) is 8.09. The third kappa shape index (κ3) is 6.39. The molecule has 0 spiro atoms. The summed E-state index contributed by atoms with van der Waals surface area (Å²) in [5.74, 6) is 0.799. The van der Waals surface area contributed by atoms with Crippen molar-refractivity contribution in [3.05, 3.63) is 5.89 Å². The van der Waals surface area contributed by atoms with Crippen LogP contribution in [-0.4, -0.2) is 54.2 Å². The number of hydrogen-bond acceptors (Lipinski definition) is 6. The van der Waals surface area contributed by atoms with Gasteiger partial charge in [0.25, 0.3) is 5.22 Å². The quantitative estimate of drug-likeness (QED) is 0.422. The average molecular weight is 384 g/mol. The second-order valence-corrected chi connectivity index (χ2v) is 8.59. The highest BCUT2D eigenvalue weighted by Gasteiger charge is 2.33. The molecule has 0 radical (unpaired) electrons. The zero-order valence-corrected chi connectivity index (χ0v) is 17.1. The molecule has 1 aromatic rings. The molecule has 1 aliphatic carbocycles. The summed E-state index contributed by atoms with van der Waals surface area (Å²) in [6, 6.07) is -0.217. The van der Waals surface area contributed by atoms with E-state index in [4.69, 9.17) is 4.42 Å². The molecule has 1 N–H and O–H groups in total. The molecule has 0 aliphatic heterocycles. The maximum absolute atomic E-state index is 12.7. The van der Waals surface area contributed by atoms with E-state index in [1.165, 1.54) is 18.2 Å². The van der Waals surface area contributed by atoms with Crippen LogP contribution < -0.4 is 10.00 Å². The number of aromatic nitrogens is 2. The minimum absolute atomic E-state index is 0.0272. The van der Waals surface area contributed by atoms with Crippen molar-refractivity contribution < 1.29 is 18.7 Å². The summed E-state index contributed by atoms with van der Waals surface area (Å²) in [5.41, 5.74) is 0. The minimum atomic E-state index is -0.368. The lowest BCUT2D eigenvalue weighted by atomic mass is 9.96. The van der Waals surface area contributed by atoms with Crippen molar-refractivity contribution in [1.29, 1.82) is 0 Å². The first kappa shape index (κ1) is 20.9. The molecule has 1 aromatic heterocycles. The largest absolute Gasteiger partial charge is 0.520 e. The van der Waals surface area contributed by atoms with Gasteiger partial charge in [-0.25, -0.2) is 5.32 Å². The molecule has 26 heavy (non-hydrogen) atoms. The molecule has 1 fully saturated rings. The summed E-state index contributed by atoms with van der Waals surface area (Å²) >= 11 is 1.41. The van der Waals surface area contributed by atoms with Gasteiger partial charge in [-0.05, 0) is 55.5 Å². The first-order valence-corrected chi connectivity index (χ1v) is 10.4. The van der Waals surface area contributed by atoms with Crippen LogP contribution in [0.2, 0.25) is 0 Å². The first-order valence-electron chi connectivity index (χ1n) is 9.41. The van der Waals surface area contributed by atoms with E-state index in [9.17, 15) is 9.59 Å². The van der Waals surface area contributed by atoms with Crippen LogP contribution in [0.4, 0.5) is 4.79 Å². The topological polar surface area (TPSA) is 79.3 Å². The Labute approximate surface area is 159 Å². The number of nitrogens with one attached hydrogen (secondary N) is 1. The van der Waals surface area contributed by atoms with Gasteiger partial charge in [0.2, 0.25) is 5.78 Å². The molecular weight excluding hydrogens is 352 g/mol. The highest BCUT2D eigenvalue weighted by atomic mass is 32.2. The Bertz CT molecular complexity index is 610. The van der Waals surface area contributed by atoms with E-state index in [2.05, 4.69) is 15.3 Å². The Hall–Kier alpha value is -1.41. The molecule has 0 bridgehead atoms. The third-order valence-electron chi connectivity index (χ3n) is 4.28. The zero-order valence-electron chi connectivity index (χ0n) is 16.3. The maximum atomic E-state index is 12.7. The summed E-state index contributed by atoms with van der Waals surface area (Å²) in [7, 11) is 3.98. The van der Waals surface area contributed by atoms with Gasteiger partial charge in [0.05, 0.1) is 6.04 Å². The van der Waals surface area contributed by atoms with Crippen molar-refractivity contribution in [2.45, 2.75) is 63.6 Å². The molecule has 146 valence electrons. The smallest absolute Gasteiger partial charge is 0.390 e. The predicted molar refractivity (Wildman–Crippen MR) is 101 cm³/mol. The van der Waals surface area contributed by atoms with Gasteiger partial charge in [0.1, 0.15) is 0 Å². The Morgan fingerprint density at radius 3 is 2.62 bits per heavy atom. The summed E-state index contributed by atoms with van der Waals surface area (Å²) in [5, 5.41) is 7.62. The third-order valence-corrected chi connectivity index (χ3v) is 5.08. The van der Waals surface area contributed by atoms with Crippen LogP contribution in [-0.2, 0) is 0 Å². The number of nitrogens with zero attached hydrogens (tertiary/aromatic N) is 3. The van der Waals surface area contributed by atoms with Crippen LogP contribution >= 0.6 is 11.8 Å². The highest BCUT2D eigenvalue weighted by molar-refractivity contribution is 7.99. The minimum Gasteiger partial charge on any atom is -0.390 e. The molecule has 1 heterocycles. The molecule has 0 aromatic carbocycles. The summed E-state index contributed by atoms with van der Waals surface area (Å²) in [6.07, 6.45) is 5.74. The molecule has 0 unspecified atom stereocenters. The predicted octanol–water partition coefficient (Wildman–Crippen LogP) is 2.74. The standard InChI is InChI=1S/C18H30N4O3S/c1-13(2)12-15(23)16-22(17(24)19-14-8-6-5-7-9-14)20-18(25-16)26-11-10-21(3)4/h13-14H,5-12H2,1-4H3/p+1. The number of thioether (sulfide) groups is 1. The number of rotatable bonds is 8. The molecule has 0 atom stereocenters. The van der Waals surface area contributed by atoms with E-state index < -0.39 is 0 Å². The number of carbonyl (C=O) groups excluding carboxylic acids is 2. The number of carbonyl (C=O) groups is 2. The van der Waals surface area contributed by atoms with Crippen LogP contribution in [0.1, 0.15) is 63.1 Å². The highest BCUT2D eigenvalue weighted by Crippen LogP contribution is 2.19. The van der Waals surface area contributed by atoms with Crippen molar-refractivity contribution in [3.63, 3.8) is 0 Å². The van der Waals surface area contributed by atoms with Crippen LogP contribution in [0.15, 0.2) is 9.64 Å². The van der Waals surface area contributed by atoms with E-state index in [1.54, 1.807) is 0 Å². The van der Waals surface area contributed by atoms with Gasteiger partial charge in [0, 0.05) is 18.7 Å². The van der Waals surface area contributed by atoms with Gasteiger partial charge >= 0.3 is 11.9 Å². The van der Waals surface area contributed by atoms with Crippen LogP contribution in [0.25, 0.3) is 0 Å². The van der Waals surface area contributed by atoms with E-state index >= 15 is 0 Å². The normalized spacial score (nSPS) is 15.6. The molecule has 7 nitrogen and oxygen atoms in total. The van der Waals surface area contributed by atoms with Gasteiger partial charge in [-0.2, -0.15) is 4.79 Å². The lowest BCUT2D eigenvalue weighted by molar-refractivity contribution is -0.640. The van der Waals surface area contributed by atoms with E-state index in [1.807, 2.05) is 27.9 Å². The maximum Gasteiger partial charge on any atom is 0.520 e. The fraction of sp³-hybridized carbons (Fsp3) is 0.778. The van der Waals surface area contributed by atoms with Crippen LogP contribution in [0.3, 0.4) is 0 Å². The van der Waals surface area contributed by atoms with Gasteiger partial charge in [0.15, 0.2) is 0 Å². The zero-order chi connectivity index (χ0) is 19.1. The molecule has 8 heteroatoms. The van der Waals surface area contributed by atoms with Crippen LogP contribution in [0.5, 0.6) is 0 Å². The molecule has 0 saturated heterocycles. The fourth-order valence-electron chi connectivity index (χ4n) is 2.90. The first-order chi connectivity index (χ1) is 12.4. The lowest BCUT2D eigenvalue weighted by Crippen LogP contribution is -2.57. The summed E-state index contributed by atoms with van der Waals surface area (Å²) in [6.45, 7) is 4.79. The van der Waals surface area contributed by atoms with E-state index in [0.29, 0.717) is 11.6 Å². The van der Waals surface area contributed by atoms with Gasteiger partial charge in [-0.3, -0.25) is 4.79 Å². The van der Waals surface area contributed by atoms with Crippen LogP contribution in [0, 0.1) is 5.92 Å². The van der Waals surface area contributed by atoms with Crippen molar-refractivity contribution >= 4 is 23.6 Å². The number of Topliss-reactive ketones (excluding diaryl/α,β-unsaturated/α-hetero) is 1. The molecule has 1 saturated carbocycles. The second kappa shape index (κ2) is 10.1. The second-order valence-electron chi connectivity index (χ2n) is 7.54.